The van der Waals surface area contributed by atoms with Gasteiger partial charge in [0.1, 0.15) is 0 Å². The SMILES string of the molecule is CCN1CCC(NCC(O)C(C)C)C(C)C1. The molecule has 0 aliphatic carbocycles. The van der Waals surface area contributed by atoms with Gasteiger partial charge in [0.15, 0.2) is 0 Å². The predicted octanol–water partition coefficient (Wildman–Crippen LogP) is 1.32. The Kier molecular flexibility index (Phi) is 5.73. The number of nitrogens with one attached hydrogen (secondary N) is 1. The molecule has 3 atom stereocenters. The highest BCUT2D eigenvalue weighted by atomic mass is 16.3. The van der Waals surface area contributed by atoms with E-state index in [1.807, 2.05) is 0 Å². The van der Waals surface area contributed by atoms with Gasteiger partial charge < -0.3 is 15.3 Å². The molecular weight excluding hydrogens is 200 g/mol. The average molecular weight is 228 g/mol. The summed E-state index contributed by atoms with van der Waals surface area (Å²) in [5.74, 6) is 1.03. The van der Waals surface area contributed by atoms with Gasteiger partial charge in [-0.1, -0.05) is 27.7 Å². The summed E-state index contributed by atoms with van der Waals surface area (Å²) in [5, 5.41) is 13.3. The summed E-state index contributed by atoms with van der Waals surface area (Å²) in [4.78, 5) is 2.50. The highest BCUT2D eigenvalue weighted by molar-refractivity contribution is 4.83. The topological polar surface area (TPSA) is 35.5 Å². The molecule has 1 heterocycles. The molecule has 0 radical (unpaired) electrons. The van der Waals surface area contributed by atoms with Crippen molar-refractivity contribution in [3.05, 3.63) is 0 Å². The largest absolute Gasteiger partial charge is 0.392 e. The Balaban J connectivity index is 2.28. The van der Waals surface area contributed by atoms with Gasteiger partial charge in [-0.3, -0.25) is 0 Å². The lowest BCUT2D eigenvalue weighted by atomic mass is 9.93. The highest BCUT2D eigenvalue weighted by Gasteiger charge is 2.25. The van der Waals surface area contributed by atoms with Gasteiger partial charge in [0.05, 0.1) is 6.10 Å². The molecule has 2 N–H and O–H groups in total. The lowest BCUT2D eigenvalue weighted by Crippen LogP contribution is -2.50. The molecule has 16 heavy (non-hydrogen) atoms. The van der Waals surface area contributed by atoms with Gasteiger partial charge >= 0.3 is 0 Å². The van der Waals surface area contributed by atoms with Crippen molar-refractivity contribution >= 4 is 0 Å². The van der Waals surface area contributed by atoms with Crippen molar-refractivity contribution in [2.24, 2.45) is 11.8 Å². The van der Waals surface area contributed by atoms with E-state index in [1.165, 1.54) is 19.5 Å². The Bertz CT molecular complexity index is 196. The molecule has 1 rings (SSSR count). The third-order valence-electron chi connectivity index (χ3n) is 3.80. The summed E-state index contributed by atoms with van der Waals surface area (Å²) in [5.41, 5.74) is 0. The summed E-state index contributed by atoms with van der Waals surface area (Å²) >= 11 is 0. The van der Waals surface area contributed by atoms with Crippen LogP contribution in [0.1, 0.15) is 34.1 Å². The molecule has 0 spiro atoms. The zero-order chi connectivity index (χ0) is 12.1. The first-order valence-corrected chi connectivity index (χ1v) is 6.68. The summed E-state index contributed by atoms with van der Waals surface area (Å²) in [7, 11) is 0. The standard InChI is InChI=1S/C13H28N2O/c1-5-15-7-6-12(11(4)9-15)14-8-13(16)10(2)3/h10-14,16H,5-9H2,1-4H3. The molecular formula is C13H28N2O. The van der Waals surface area contributed by atoms with Crippen LogP contribution in [0.15, 0.2) is 0 Å². The molecule has 1 fully saturated rings. The molecule has 0 aromatic heterocycles. The Hall–Kier alpha value is -0.120. The maximum Gasteiger partial charge on any atom is 0.0687 e. The number of nitrogens with zero attached hydrogens (tertiary/aromatic N) is 1. The number of piperidine rings is 1. The third-order valence-corrected chi connectivity index (χ3v) is 3.80. The summed E-state index contributed by atoms with van der Waals surface area (Å²) < 4.78 is 0. The maximum atomic E-state index is 9.77. The minimum atomic E-state index is -0.212. The van der Waals surface area contributed by atoms with Crippen molar-refractivity contribution < 1.29 is 5.11 Å². The first-order chi connectivity index (χ1) is 7.54. The lowest BCUT2D eigenvalue weighted by molar-refractivity contribution is 0.101. The Morgan fingerprint density at radius 3 is 2.62 bits per heavy atom. The van der Waals surface area contributed by atoms with Crippen LogP contribution in [-0.4, -0.2) is 48.3 Å². The number of aliphatic hydroxyl groups is 1. The zero-order valence-corrected chi connectivity index (χ0v) is 11.2. The molecule has 1 aliphatic rings. The quantitative estimate of drug-likeness (QED) is 0.745. The molecule has 3 unspecified atom stereocenters. The van der Waals surface area contributed by atoms with E-state index in [2.05, 4.69) is 37.9 Å². The van der Waals surface area contributed by atoms with Crippen LogP contribution in [0.4, 0.5) is 0 Å². The van der Waals surface area contributed by atoms with E-state index >= 15 is 0 Å². The van der Waals surface area contributed by atoms with Crippen LogP contribution < -0.4 is 5.32 Å². The fourth-order valence-electron chi connectivity index (χ4n) is 2.33. The smallest absolute Gasteiger partial charge is 0.0687 e. The predicted molar refractivity (Wildman–Crippen MR) is 68.5 cm³/mol. The molecule has 96 valence electrons. The summed E-state index contributed by atoms with van der Waals surface area (Å²) in [6.45, 7) is 12.9. The minimum absolute atomic E-state index is 0.212. The van der Waals surface area contributed by atoms with Crippen molar-refractivity contribution in [2.45, 2.75) is 46.3 Å². The second-order valence-electron chi connectivity index (χ2n) is 5.49. The normalized spacial score (nSPS) is 29.6. The molecule has 0 bridgehead atoms. The number of likely N-dealkylation sites (tertiary alicyclic amines) is 1. The summed E-state index contributed by atoms with van der Waals surface area (Å²) in [6.07, 6.45) is 0.996. The fraction of sp³-hybridized carbons (Fsp3) is 1.00. The molecule has 0 aromatic carbocycles. The number of hydrogen-bond acceptors (Lipinski definition) is 3. The monoisotopic (exact) mass is 228 g/mol. The van der Waals surface area contributed by atoms with Crippen molar-refractivity contribution in [1.82, 2.24) is 10.2 Å². The van der Waals surface area contributed by atoms with Crippen LogP contribution in [0, 0.1) is 11.8 Å². The van der Waals surface area contributed by atoms with Gasteiger partial charge in [-0.25, -0.2) is 0 Å². The van der Waals surface area contributed by atoms with Crippen LogP contribution in [-0.2, 0) is 0 Å². The number of rotatable bonds is 5. The van der Waals surface area contributed by atoms with E-state index in [0.717, 1.165) is 13.1 Å². The Morgan fingerprint density at radius 1 is 1.44 bits per heavy atom. The third kappa shape index (κ3) is 4.04. The van der Waals surface area contributed by atoms with Crippen LogP contribution in [0.25, 0.3) is 0 Å². The van der Waals surface area contributed by atoms with E-state index < -0.39 is 0 Å². The van der Waals surface area contributed by atoms with Crippen LogP contribution >= 0.6 is 0 Å². The first-order valence-electron chi connectivity index (χ1n) is 6.68. The van der Waals surface area contributed by atoms with Crippen molar-refractivity contribution in [3.8, 4) is 0 Å². The van der Waals surface area contributed by atoms with E-state index in [-0.39, 0.29) is 6.10 Å². The zero-order valence-electron chi connectivity index (χ0n) is 11.2. The second kappa shape index (κ2) is 6.58. The second-order valence-corrected chi connectivity index (χ2v) is 5.49. The van der Waals surface area contributed by atoms with E-state index in [4.69, 9.17) is 0 Å². The Labute approximate surface area is 100 Å². The molecule has 0 saturated carbocycles. The minimum Gasteiger partial charge on any atom is -0.392 e. The first kappa shape index (κ1) is 13.9. The molecule has 3 nitrogen and oxygen atoms in total. The molecule has 1 aliphatic heterocycles. The van der Waals surface area contributed by atoms with Crippen LogP contribution in [0.2, 0.25) is 0 Å². The van der Waals surface area contributed by atoms with Gasteiger partial charge in [-0.15, -0.1) is 0 Å². The van der Waals surface area contributed by atoms with Gasteiger partial charge in [-0.2, -0.15) is 0 Å². The van der Waals surface area contributed by atoms with Crippen LogP contribution in [0.3, 0.4) is 0 Å². The van der Waals surface area contributed by atoms with Crippen LogP contribution in [0.5, 0.6) is 0 Å². The van der Waals surface area contributed by atoms with E-state index in [0.29, 0.717) is 17.9 Å². The lowest BCUT2D eigenvalue weighted by Gasteiger charge is -2.37. The van der Waals surface area contributed by atoms with Crippen molar-refractivity contribution in [3.63, 3.8) is 0 Å². The Morgan fingerprint density at radius 2 is 2.12 bits per heavy atom. The number of aliphatic hydroxyl groups excluding tert-OH is 1. The fourth-order valence-corrected chi connectivity index (χ4v) is 2.33. The van der Waals surface area contributed by atoms with Gasteiger partial charge in [-0.05, 0) is 31.3 Å². The summed E-state index contributed by atoms with van der Waals surface area (Å²) in [6, 6.07) is 0.580. The van der Waals surface area contributed by atoms with Crippen molar-refractivity contribution in [2.75, 3.05) is 26.2 Å². The molecule has 0 aromatic rings. The molecule has 0 amide bonds. The average Bonchev–Trinajstić information content (AvgIpc) is 2.26. The molecule has 3 heteroatoms. The van der Waals surface area contributed by atoms with Gasteiger partial charge in [0.25, 0.3) is 0 Å². The molecule has 1 saturated heterocycles. The number of hydrogen-bond donors (Lipinski definition) is 2. The van der Waals surface area contributed by atoms with Crippen molar-refractivity contribution in [1.29, 1.82) is 0 Å². The van der Waals surface area contributed by atoms with Gasteiger partial charge in [0, 0.05) is 19.1 Å². The van der Waals surface area contributed by atoms with E-state index in [9.17, 15) is 5.11 Å². The van der Waals surface area contributed by atoms with Gasteiger partial charge in [0.2, 0.25) is 0 Å². The highest BCUT2D eigenvalue weighted by Crippen LogP contribution is 2.16. The maximum absolute atomic E-state index is 9.77. The van der Waals surface area contributed by atoms with E-state index in [1.54, 1.807) is 0 Å².